The third-order valence-corrected chi connectivity index (χ3v) is 6.13. The van der Waals surface area contributed by atoms with Gasteiger partial charge in [-0.25, -0.2) is 11.0 Å². The lowest BCUT2D eigenvalue weighted by Crippen LogP contribution is -2.31. The van der Waals surface area contributed by atoms with Crippen molar-refractivity contribution in [1.29, 1.82) is 0 Å². The van der Waals surface area contributed by atoms with Crippen LogP contribution in [0.1, 0.15) is 37.8 Å². The highest BCUT2D eigenvalue weighted by Gasteiger charge is 2.42. The van der Waals surface area contributed by atoms with Gasteiger partial charge in [0.15, 0.2) is 23.1 Å². The van der Waals surface area contributed by atoms with Crippen molar-refractivity contribution in [3.63, 3.8) is 0 Å². The molecule has 5 nitrogen and oxygen atoms in total. The smallest absolute Gasteiger partial charge is 0.259 e. The molecule has 1 atom stereocenters. The summed E-state index contributed by atoms with van der Waals surface area (Å²) >= 11 is 0. The third-order valence-electron chi connectivity index (χ3n) is 6.13. The zero-order valence-corrected chi connectivity index (χ0v) is 20.1. The molecule has 0 bridgehead atoms. The minimum absolute atomic E-state index is 0.0900. The van der Waals surface area contributed by atoms with Crippen LogP contribution in [0, 0.1) is 18.3 Å². The molecule has 0 N–H and O–H groups in total. The quantitative estimate of drug-likeness (QED) is 0.402. The summed E-state index contributed by atoms with van der Waals surface area (Å²) in [6.45, 7) is 13.8. The fourth-order valence-electron chi connectivity index (χ4n) is 4.03. The molecule has 1 unspecified atom stereocenters. The van der Waals surface area contributed by atoms with Crippen molar-refractivity contribution >= 4 is 0 Å². The zero-order chi connectivity index (χ0) is 23.7. The zero-order valence-electron chi connectivity index (χ0n) is 20.1. The van der Waals surface area contributed by atoms with Crippen LogP contribution in [0.25, 0.3) is 4.85 Å². The third kappa shape index (κ3) is 5.92. The Morgan fingerprint density at radius 1 is 0.969 bits per heavy atom. The van der Waals surface area contributed by atoms with Gasteiger partial charge in [0.1, 0.15) is 0 Å². The van der Waals surface area contributed by atoms with Gasteiger partial charge in [-0.15, -0.1) is 0 Å². The number of nitrogens with zero attached hydrogens (tertiary/aromatic N) is 2. The monoisotopic (exact) mass is 442 g/mol. The van der Waals surface area contributed by atoms with Gasteiger partial charge in [-0.2, -0.15) is 0 Å². The van der Waals surface area contributed by atoms with Crippen LogP contribution in [-0.4, -0.2) is 46.4 Å². The summed E-state index contributed by atoms with van der Waals surface area (Å²) in [6.07, 6.45) is 2.45. The van der Waals surface area contributed by atoms with Crippen LogP contribution in [0.2, 0.25) is 0 Å². The van der Waals surface area contributed by atoms with Crippen LogP contribution in [0.5, 0.6) is 17.2 Å². The second-order valence-electron chi connectivity index (χ2n) is 8.39. The van der Waals surface area contributed by atoms with Crippen molar-refractivity contribution in [2.75, 3.05) is 41.5 Å². The molecule has 2 aromatic carbocycles. The van der Waals surface area contributed by atoms with Crippen molar-refractivity contribution in [3.8, 4) is 17.2 Å². The van der Waals surface area contributed by atoms with E-state index in [1.165, 1.54) is 18.7 Å². The first-order valence-electron chi connectivity index (χ1n) is 10.9. The highest BCUT2D eigenvalue weighted by Crippen LogP contribution is 2.40. The number of methoxy groups -OCH3 is 3. The molecular formula is C26H35FN2O3. The number of halogens is 1. The van der Waals surface area contributed by atoms with E-state index >= 15 is 0 Å². The summed E-state index contributed by atoms with van der Waals surface area (Å²) in [7, 11) is 6.82. The van der Waals surface area contributed by atoms with Gasteiger partial charge < -0.3 is 24.0 Å². The average molecular weight is 443 g/mol. The van der Waals surface area contributed by atoms with E-state index < -0.39 is 11.4 Å². The van der Waals surface area contributed by atoms with Gasteiger partial charge in [0, 0.05) is 24.4 Å². The molecule has 0 radical (unpaired) electrons. The van der Waals surface area contributed by atoms with E-state index in [9.17, 15) is 4.39 Å². The molecule has 0 aliphatic carbocycles. The fourth-order valence-corrected chi connectivity index (χ4v) is 4.03. The summed E-state index contributed by atoms with van der Waals surface area (Å²) in [5, 5.41) is 0. The molecule has 174 valence electrons. The molecule has 0 saturated carbocycles. The molecule has 0 amide bonds. The van der Waals surface area contributed by atoms with Crippen LogP contribution < -0.4 is 14.2 Å². The Kier molecular flexibility index (Phi) is 9.34. The van der Waals surface area contributed by atoms with Gasteiger partial charge >= 0.3 is 0 Å². The van der Waals surface area contributed by atoms with Crippen LogP contribution >= 0.6 is 0 Å². The first kappa shape index (κ1) is 25.5. The van der Waals surface area contributed by atoms with Gasteiger partial charge in [-0.1, -0.05) is 19.9 Å². The van der Waals surface area contributed by atoms with E-state index in [0.29, 0.717) is 6.42 Å². The lowest BCUT2D eigenvalue weighted by molar-refractivity contribution is 0.287. The van der Waals surface area contributed by atoms with Gasteiger partial charge in [0.05, 0.1) is 21.3 Å². The summed E-state index contributed by atoms with van der Waals surface area (Å²) in [5.41, 5.74) is 1.30. The van der Waals surface area contributed by atoms with Crippen LogP contribution in [0.3, 0.4) is 0 Å². The maximum atomic E-state index is 13.9. The summed E-state index contributed by atoms with van der Waals surface area (Å²) in [4.78, 5) is 6.32. The van der Waals surface area contributed by atoms with Crippen molar-refractivity contribution in [2.45, 2.75) is 38.6 Å². The molecular weight excluding hydrogens is 407 g/mol. The normalized spacial score (nSPS) is 13.0. The first-order chi connectivity index (χ1) is 15.3. The second kappa shape index (κ2) is 11.7. The number of ether oxygens (including phenoxy) is 3. The minimum Gasteiger partial charge on any atom is -0.494 e. The van der Waals surface area contributed by atoms with Crippen molar-refractivity contribution in [3.05, 3.63) is 64.8 Å². The van der Waals surface area contributed by atoms with Crippen LogP contribution in [0.4, 0.5) is 4.39 Å². The second-order valence-corrected chi connectivity index (χ2v) is 8.39. The van der Waals surface area contributed by atoms with Crippen molar-refractivity contribution in [1.82, 2.24) is 4.90 Å². The number of hydrogen-bond acceptors (Lipinski definition) is 4. The van der Waals surface area contributed by atoms with E-state index in [-0.39, 0.29) is 11.7 Å². The lowest BCUT2D eigenvalue weighted by Gasteiger charge is -2.28. The Morgan fingerprint density at radius 2 is 1.66 bits per heavy atom. The highest BCUT2D eigenvalue weighted by atomic mass is 19.1. The number of rotatable bonds is 12. The summed E-state index contributed by atoms with van der Waals surface area (Å²) < 4.78 is 29.8. The molecule has 2 aromatic rings. The molecule has 0 heterocycles. The SMILES string of the molecule is [C-]#[N+]C(CCCN(C)CCc1ccc(OC)c(OC)c1)(c1ccc(F)c(OC)c1)C(C)C. The molecule has 0 spiro atoms. The Balaban J connectivity index is 2.00. The number of benzene rings is 2. The van der Waals surface area contributed by atoms with Crippen molar-refractivity contribution in [2.24, 2.45) is 5.92 Å². The van der Waals surface area contributed by atoms with Gasteiger partial charge in [-0.3, -0.25) is 0 Å². The summed E-state index contributed by atoms with van der Waals surface area (Å²) in [5.74, 6) is 1.33. The minimum atomic E-state index is -0.703. The highest BCUT2D eigenvalue weighted by molar-refractivity contribution is 5.43. The Morgan fingerprint density at radius 3 is 2.25 bits per heavy atom. The molecule has 2 rings (SSSR count). The topological polar surface area (TPSA) is 35.3 Å². The molecule has 0 aliphatic heterocycles. The summed E-state index contributed by atoms with van der Waals surface area (Å²) in [6, 6.07) is 10.8. The predicted octanol–water partition coefficient (Wildman–Crippen LogP) is 5.58. The molecule has 0 aliphatic rings. The van der Waals surface area contributed by atoms with Gasteiger partial charge in [0.25, 0.3) is 5.54 Å². The maximum absolute atomic E-state index is 13.9. The molecule has 6 heteroatoms. The standard InChI is InChI=1S/C26H35FN2O3/c1-19(2)26(28-3,21-10-11-22(27)24(18-21)31-6)14-8-15-29(4)16-13-20-9-12-23(30-5)25(17-20)32-7/h9-12,17-19H,8,13-16H2,1-2,4-7H3. The first-order valence-corrected chi connectivity index (χ1v) is 10.9. The lowest BCUT2D eigenvalue weighted by atomic mass is 9.77. The predicted molar refractivity (Wildman–Crippen MR) is 126 cm³/mol. The Bertz CT molecular complexity index is 926. The van der Waals surface area contributed by atoms with E-state index in [0.717, 1.165) is 43.0 Å². The van der Waals surface area contributed by atoms with E-state index in [1.807, 2.05) is 12.1 Å². The molecule has 0 aromatic heterocycles. The number of likely N-dealkylation sites (N-methyl/N-ethyl adjacent to an activating group) is 1. The van der Waals surface area contributed by atoms with E-state index in [4.69, 9.17) is 20.8 Å². The maximum Gasteiger partial charge on any atom is 0.259 e. The van der Waals surface area contributed by atoms with Crippen LogP contribution in [-0.2, 0) is 12.0 Å². The Labute approximate surface area is 191 Å². The van der Waals surface area contributed by atoms with E-state index in [2.05, 4.69) is 36.7 Å². The fraction of sp³-hybridized carbons (Fsp3) is 0.500. The van der Waals surface area contributed by atoms with Gasteiger partial charge in [-0.05, 0) is 62.3 Å². The molecule has 0 fully saturated rings. The molecule has 0 saturated heterocycles. The van der Waals surface area contributed by atoms with E-state index in [1.54, 1.807) is 26.4 Å². The molecule has 32 heavy (non-hydrogen) atoms. The Hall–Kier alpha value is -2.78. The largest absolute Gasteiger partial charge is 0.494 e. The van der Waals surface area contributed by atoms with Crippen molar-refractivity contribution < 1.29 is 18.6 Å². The average Bonchev–Trinajstić information content (AvgIpc) is 2.80. The van der Waals surface area contributed by atoms with Crippen LogP contribution in [0.15, 0.2) is 36.4 Å². The van der Waals surface area contributed by atoms with Gasteiger partial charge in [0.2, 0.25) is 0 Å². The number of hydrogen-bond donors (Lipinski definition) is 0.